The van der Waals surface area contributed by atoms with Gasteiger partial charge in [-0.15, -0.1) is 11.3 Å². The Hall–Kier alpha value is -1.79. The number of esters is 1. The molecule has 2 nitrogen and oxygen atoms in total. The Morgan fingerprint density at radius 3 is 3.12 bits per heavy atom. The predicted octanol–water partition coefficient (Wildman–Crippen LogP) is 2.82. The van der Waals surface area contributed by atoms with Crippen LogP contribution >= 0.6 is 11.3 Å². The monoisotopic (exact) mass is 230 g/mol. The fourth-order valence-electron chi connectivity index (χ4n) is 1.39. The fourth-order valence-corrected chi connectivity index (χ4v) is 2.20. The van der Waals surface area contributed by atoms with Crippen LogP contribution in [-0.4, -0.2) is 13.1 Å². The van der Waals surface area contributed by atoms with E-state index in [2.05, 4.69) is 22.6 Å². The van der Waals surface area contributed by atoms with Gasteiger partial charge in [-0.3, -0.25) is 4.79 Å². The number of hydrogen-bond donors (Lipinski definition) is 0. The SMILES string of the molecule is COC(=O)CC#Cc1cccc2sccc12. The number of carbonyl (C=O) groups excluding carboxylic acids is 1. The Morgan fingerprint density at radius 1 is 1.44 bits per heavy atom. The van der Waals surface area contributed by atoms with Gasteiger partial charge in [0.15, 0.2) is 0 Å². The molecule has 0 amide bonds. The second kappa shape index (κ2) is 4.82. The molecule has 2 rings (SSSR count). The molecule has 3 heteroatoms. The van der Waals surface area contributed by atoms with Crippen LogP contribution in [0, 0.1) is 11.8 Å². The summed E-state index contributed by atoms with van der Waals surface area (Å²) in [4.78, 5) is 10.9. The van der Waals surface area contributed by atoms with E-state index in [0.717, 1.165) is 10.9 Å². The molecule has 1 aromatic carbocycles. The van der Waals surface area contributed by atoms with Crippen molar-refractivity contribution in [2.45, 2.75) is 6.42 Å². The van der Waals surface area contributed by atoms with Crippen molar-refractivity contribution >= 4 is 27.4 Å². The Morgan fingerprint density at radius 2 is 2.31 bits per heavy atom. The molecule has 0 fully saturated rings. The number of thiophene rings is 1. The quantitative estimate of drug-likeness (QED) is 0.556. The smallest absolute Gasteiger partial charge is 0.317 e. The van der Waals surface area contributed by atoms with E-state index < -0.39 is 0 Å². The van der Waals surface area contributed by atoms with Crippen molar-refractivity contribution in [2.75, 3.05) is 7.11 Å². The van der Waals surface area contributed by atoms with Crippen LogP contribution in [0.2, 0.25) is 0 Å². The Kier molecular flexibility index (Phi) is 3.23. The minimum absolute atomic E-state index is 0.136. The van der Waals surface area contributed by atoms with E-state index in [-0.39, 0.29) is 12.4 Å². The summed E-state index contributed by atoms with van der Waals surface area (Å²) >= 11 is 1.69. The number of benzene rings is 1. The maximum absolute atomic E-state index is 10.9. The van der Waals surface area contributed by atoms with Gasteiger partial charge in [0.25, 0.3) is 0 Å². The van der Waals surface area contributed by atoms with Crippen LogP contribution in [0.1, 0.15) is 12.0 Å². The molecule has 16 heavy (non-hydrogen) atoms. The summed E-state index contributed by atoms with van der Waals surface area (Å²) < 4.78 is 5.73. The van der Waals surface area contributed by atoms with Gasteiger partial charge < -0.3 is 4.74 Å². The van der Waals surface area contributed by atoms with Gasteiger partial charge in [0.2, 0.25) is 0 Å². The van der Waals surface area contributed by atoms with E-state index in [9.17, 15) is 4.79 Å². The molecule has 1 heterocycles. The molecular formula is C13H10O2S. The van der Waals surface area contributed by atoms with E-state index in [1.165, 1.54) is 11.8 Å². The summed E-state index contributed by atoms with van der Waals surface area (Å²) in [5.74, 6) is 5.51. The number of rotatable bonds is 1. The fraction of sp³-hybridized carbons (Fsp3) is 0.154. The second-order valence-electron chi connectivity index (χ2n) is 3.19. The predicted molar refractivity (Wildman–Crippen MR) is 65.3 cm³/mol. The molecule has 0 aliphatic heterocycles. The standard InChI is InChI=1S/C13H10O2S/c1-15-13(14)7-3-5-10-4-2-6-12-11(10)8-9-16-12/h2,4,6,8-9H,7H2,1H3. The molecule has 0 aliphatic rings. The van der Waals surface area contributed by atoms with Gasteiger partial charge in [-0.2, -0.15) is 0 Å². The highest BCUT2D eigenvalue weighted by molar-refractivity contribution is 7.17. The summed E-state index contributed by atoms with van der Waals surface area (Å²) in [6, 6.07) is 8.04. The Balaban J connectivity index is 2.27. The minimum Gasteiger partial charge on any atom is -0.468 e. The van der Waals surface area contributed by atoms with E-state index in [1.54, 1.807) is 11.3 Å². The molecule has 2 aromatic rings. The molecule has 0 N–H and O–H groups in total. The first-order valence-electron chi connectivity index (χ1n) is 4.83. The summed E-state index contributed by atoms with van der Waals surface area (Å²) in [6.45, 7) is 0. The largest absolute Gasteiger partial charge is 0.468 e. The zero-order valence-corrected chi connectivity index (χ0v) is 9.64. The van der Waals surface area contributed by atoms with Crippen LogP contribution in [0.4, 0.5) is 0 Å². The zero-order chi connectivity index (χ0) is 11.4. The van der Waals surface area contributed by atoms with E-state index in [4.69, 9.17) is 0 Å². The third-order valence-electron chi connectivity index (χ3n) is 2.18. The number of carbonyl (C=O) groups is 1. The van der Waals surface area contributed by atoms with E-state index in [1.807, 2.05) is 23.6 Å². The average molecular weight is 230 g/mol. The van der Waals surface area contributed by atoms with Gasteiger partial charge in [-0.05, 0) is 23.6 Å². The van der Waals surface area contributed by atoms with Crippen molar-refractivity contribution in [2.24, 2.45) is 0 Å². The van der Waals surface area contributed by atoms with Gasteiger partial charge in [0.05, 0.1) is 7.11 Å². The van der Waals surface area contributed by atoms with Crippen LogP contribution in [-0.2, 0) is 9.53 Å². The van der Waals surface area contributed by atoms with Crippen LogP contribution in [0.5, 0.6) is 0 Å². The van der Waals surface area contributed by atoms with Crippen molar-refractivity contribution in [1.82, 2.24) is 0 Å². The summed E-state index contributed by atoms with van der Waals surface area (Å²) in [7, 11) is 1.36. The maximum atomic E-state index is 10.9. The number of ether oxygens (including phenoxy) is 1. The summed E-state index contributed by atoms with van der Waals surface area (Å²) in [5.41, 5.74) is 0.961. The Bertz CT molecular complexity index is 572. The van der Waals surface area contributed by atoms with Crippen LogP contribution < -0.4 is 0 Å². The van der Waals surface area contributed by atoms with E-state index >= 15 is 0 Å². The average Bonchev–Trinajstić information content (AvgIpc) is 2.77. The van der Waals surface area contributed by atoms with Crippen molar-refractivity contribution in [3.63, 3.8) is 0 Å². The normalized spacial score (nSPS) is 9.56. The lowest BCUT2D eigenvalue weighted by Crippen LogP contribution is -1.96. The Labute approximate surface area is 97.9 Å². The molecule has 1 aromatic heterocycles. The van der Waals surface area contributed by atoms with Gasteiger partial charge in [0, 0.05) is 15.6 Å². The third kappa shape index (κ3) is 2.23. The molecule has 0 bridgehead atoms. The first-order valence-corrected chi connectivity index (χ1v) is 5.71. The lowest BCUT2D eigenvalue weighted by atomic mass is 10.1. The highest BCUT2D eigenvalue weighted by Crippen LogP contribution is 2.23. The summed E-state index contributed by atoms with van der Waals surface area (Å²) in [5, 5.41) is 3.18. The zero-order valence-electron chi connectivity index (χ0n) is 8.82. The number of methoxy groups -OCH3 is 1. The highest BCUT2D eigenvalue weighted by atomic mass is 32.1. The first kappa shape index (κ1) is 10.7. The van der Waals surface area contributed by atoms with Gasteiger partial charge in [-0.25, -0.2) is 0 Å². The molecule has 0 spiro atoms. The lowest BCUT2D eigenvalue weighted by molar-refractivity contribution is -0.139. The third-order valence-corrected chi connectivity index (χ3v) is 3.06. The van der Waals surface area contributed by atoms with Crippen molar-refractivity contribution < 1.29 is 9.53 Å². The van der Waals surface area contributed by atoms with Crippen LogP contribution in [0.3, 0.4) is 0 Å². The van der Waals surface area contributed by atoms with Gasteiger partial charge in [-0.1, -0.05) is 17.9 Å². The topological polar surface area (TPSA) is 26.3 Å². The van der Waals surface area contributed by atoms with E-state index in [0.29, 0.717) is 0 Å². The summed E-state index contributed by atoms with van der Waals surface area (Å²) in [6.07, 6.45) is 0.136. The minimum atomic E-state index is -0.301. The highest BCUT2D eigenvalue weighted by Gasteiger charge is 1.99. The molecule has 0 radical (unpaired) electrons. The molecular weight excluding hydrogens is 220 g/mol. The second-order valence-corrected chi connectivity index (χ2v) is 4.14. The molecule has 0 unspecified atom stereocenters. The maximum Gasteiger partial charge on any atom is 0.317 e. The van der Waals surface area contributed by atoms with Gasteiger partial charge in [0.1, 0.15) is 6.42 Å². The van der Waals surface area contributed by atoms with Gasteiger partial charge >= 0.3 is 5.97 Å². The van der Waals surface area contributed by atoms with Crippen LogP contribution in [0.25, 0.3) is 10.1 Å². The molecule has 80 valence electrons. The molecule has 0 saturated heterocycles. The number of fused-ring (bicyclic) bond motifs is 1. The molecule has 0 saturated carbocycles. The number of hydrogen-bond acceptors (Lipinski definition) is 3. The lowest BCUT2D eigenvalue weighted by Gasteiger charge is -1.93. The molecule has 0 aliphatic carbocycles. The van der Waals surface area contributed by atoms with Crippen molar-refractivity contribution in [3.8, 4) is 11.8 Å². The van der Waals surface area contributed by atoms with Crippen molar-refractivity contribution in [1.29, 1.82) is 0 Å². The van der Waals surface area contributed by atoms with Crippen LogP contribution in [0.15, 0.2) is 29.6 Å². The molecule has 0 atom stereocenters. The van der Waals surface area contributed by atoms with Crippen molar-refractivity contribution in [3.05, 3.63) is 35.2 Å². The first-order chi connectivity index (χ1) is 7.81.